The second-order valence-corrected chi connectivity index (χ2v) is 8.96. The lowest BCUT2D eigenvalue weighted by Gasteiger charge is -2.25. The van der Waals surface area contributed by atoms with Crippen LogP contribution in [0.1, 0.15) is 0 Å². The Morgan fingerprint density at radius 1 is 0.577 bits per heavy atom. The first-order valence-corrected chi connectivity index (χ1v) is 10.4. The zero-order valence-electron chi connectivity index (χ0n) is 14.4. The van der Waals surface area contributed by atoms with Gasteiger partial charge in [-0.15, -0.1) is 0 Å². The van der Waals surface area contributed by atoms with Crippen molar-refractivity contribution >= 4 is 40.1 Å². The maximum Gasteiger partial charge on any atom is 0.0237 e. The van der Waals surface area contributed by atoms with Crippen LogP contribution in [0.4, 0.5) is 0 Å². The van der Waals surface area contributed by atoms with Gasteiger partial charge in [0, 0.05) is 5.66 Å². The van der Waals surface area contributed by atoms with E-state index in [1.165, 1.54) is 32.2 Å². The molecule has 1 aliphatic rings. The molecule has 0 spiro atoms. The molecule has 4 aromatic rings. The Hall–Kier alpha value is -2.69. The Morgan fingerprint density at radius 3 is 1.96 bits per heavy atom. The summed E-state index contributed by atoms with van der Waals surface area (Å²) < 4.78 is 0. The fourth-order valence-electron chi connectivity index (χ4n) is 3.89. The molecule has 1 unspecified atom stereocenters. The second-order valence-electron chi connectivity index (χ2n) is 6.63. The first-order chi connectivity index (χ1) is 12.9. The van der Waals surface area contributed by atoms with E-state index in [9.17, 15) is 0 Å². The average molecular weight is 350 g/mol. The molecule has 1 atom stereocenters. The van der Waals surface area contributed by atoms with Gasteiger partial charge >= 0.3 is 0 Å². The van der Waals surface area contributed by atoms with Crippen LogP contribution in [0.15, 0.2) is 109 Å². The fourth-order valence-corrected chi connectivity index (χ4v) is 6.60. The summed E-state index contributed by atoms with van der Waals surface area (Å²) in [4.78, 5) is 0. The number of hydrogen-bond acceptors (Lipinski definition) is 0. The van der Waals surface area contributed by atoms with Crippen molar-refractivity contribution < 1.29 is 0 Å². The van der Waals surface area contributed by atoms with Gasteiger partial charge in [0.2, 0.25) is 0 Å². The van der Waals surface area contributed by atoms with Gasteiger partial charge in [0.25, 0.3) is 0 Å². The highest BCUT2D eigenvalue weighted by Gasteiger charge is 2.24. The van der Waals surface area contributed by atoms with Crippen LogP contribution in [0.25, 0.3) is 21.5 Å². The topological polar surface area (TPSA) is 0 Å². The summed E-state index contributed by atoms with van der Waals surface area (Å²) in [5, 5.41) is 8.32. The number of rotatable bonds is 3. The molecule has 0 fully saturated rings. The van der Waals surface area contributed by atoms with Crippen LogP contribution in [0.5, 0.6) is 0 Å². The first-order valence-electron chi connectivity index (χ1n) is 9.01. The molecule has 0 aromatic heterocycles. The molecule has 0 nitrogen and oxygen atoms in total. The molecule has 5 rings (SSSR count). The van der Waals surface area contributed by atoms with E-state index in [1.54, 1.807) is 0 Å². The van der Waals surface area contributed by atoms with Crippen molar-refractivity contribution in [3.8, 4) is 0 Å². The SMILES string of the molecule is C1=CC(P(c2ccccc2)c2cc3ccccc3c3ccccc23)C=C1. The molecular weight excluding hydrogens is 331 g/mol. The zero-order valence-corrected chi connectivity index (χ0v) is 15.3. The van der Waals surface area contributed by atoms with Crippen LogP contribution in [0, 0.1) is 0 Å². The van der Waals surface area contributed by atoms with Gasteiger partial charge in [0.1, 0.15) is 0 Å². The fraction of sp³-hybridized carbons (Fsp3) is 0.0400. The standard InChI is InChI=1S/C25H19P/c1-2-11-20(12-3-1)26(21-13-5-6-14-21)25-18-19-10-4-7-15-22(19)23-16-8-9-17-24(23)25/h1-18,21H. The van der Waals surface area contributed by atoms with E-state index in [0.29, 0.717) is 5.66 Å². The molecule has 0 heterocycles. The van der Waals surface area contributed by atoms with Gasteiger partial charge in [0.05, 0.1) is 0 Å². The van der Waals surface area contributed by atoms with Crippen molar-refractivity contribution in [1.82, 2.24) is 0 Å². The summed E-state index contributed by atoms with van der Waals surface area (Å²) in [6.45, 7) is 0. The summed E-state index contributed by atoms with van der Waals surface area (Å²) >= 11 is 0. The molecule has 4 aromatic carbocycles. The molecule has 0 aliphatic heterocycles. The van der Waals surface area contributed by atoms with Crippen molar-refractivity contribution in [2.75, 3.05) is 0 Å². The van der Waals surface area contributed by atoms with Crippen molar-refractivity contribution in [2.24, 2.45) is 0 Å². The Balaban J connectivity index is 1.84. The molecular formula is C25H19P. The second kappa shape index (κ2) is 6.56. The molecule has 0 amide bonds. The minimum absolute atomic E-state index is 0.456. The predicted molar refractivity (Wildman–Crippen MR) is 116 cm³/mol. The van der Waals surface area contributed by atoms with Gasteiger partial charge in [-0.25, -0.2) is 0 Å². The largest absolute Gasteiger partial charge is 0.0727 e. The third kappa shape index (κ3) is 2.59. The van der Waals surface area contributed by atoms with Gasteiger partial charge in [0.15, 0.2) is 0 Å². The zero-order chi connectivity index (χ0) is 17.3. The van der Waals surface area contributed by atoms with Crippen LogP contribution >= 0.6 is 7.92 Å². The molecule has 26 heavy (non-hydrogen) atoms. The smallest absolute Gasteiger partial charge is 0.0237 e. The van der Waals surface area contributed by atoms with E-state index >= 15 is 0 Å². The summed E-state index contributed by atoms with van der Waals surface area (Å²) in [7, 11) is -0.499. The average Bonchev–Trinajstić information content (AvgIpc) is 3.23. The third-order valence-electron chi connectivity index (χ3n) is 5.07. The predicted octanol–water partition coefficient (Wildman–Crippen LogP) is 5.92. The van der Waals surface area contributed by atoms with Crippen LogP contribution in [0.3, 0.4) is 0 Å². The lowest BCUT2D eigenvalue weighted by atomic mass is 10.0. The van der Waals surface area contributed by atoms with Crippen LogP contribution in [-0.2, 0) is 0 Å². The highest BCUT2D eigenvalue weighted by Crippen LogP contribution is 2.45. The normalized spacial score (nSPS) is 15.1. The van der Waals surface area contributed by atoms with Gasteiger partial charge < -0.3 is 0 Å². The number of benzene rings is 4. The Labute approximate surface area is 155 Å². The molecule has 0 radical (unpaired) electrons. The Bertz CT molecular complexity index is 1130. The molecule has 0 bridgehead atoms. The summed E-state index contributed by atoms with van der Waals surface area (Å²) in [6, 6.07) is 31.1. The maximum atomic E-state index is 2.43. The quantitative estimate of drug-likeness (QED) is 0.318. The Kier molecular flexibility index (Phi) is 3.92. The van der Waals surface area contributed by atoms with Crippen molar-refractivity contribution in [1.29, 1.82) is 0 Å². The monoisotopic (exact) mass is 350 g/mol. The van der Waals surface area contributed by atoms with Crippen LogP contribution in [0.2, 0.25) is 0 Å². The van der Waals surface area contributed by atoms with Crippen LogP contribution < -0.4 is 10.6 Å². The molecule has 0 saturated heterocycles. The molecule has 0 N–H and O–H groups in total. The minimum Gasteiger partial charge on any atom is -0.0727 e. The molecule has 1 aliphatic carbocycles. The third-order valence-corrected chi connectivity index (χ3v) is 7.75. The lowest BCUT2D eigenvalue weighted by molar-refractivity contribution is 1.45. The van der Waals surface area contributed by atoms with Crippen molar-refractivity contribution in [3.63, 3.8) is 0 Å². The summed E-state index contributed by atoms with van der Waals surface area (Å²) in [5.41, 5.74) is 0.456. The summed E-state index contributed by atoms with van der Waals surface area (Å²) in [5.74, 6) is 0. The van der Waals surface area contributed by atoms with E-state index in [-0.39, 0.29) is 0 Å². The molecule has 1 heteroatoms. The highest BCUT2D eigenvalue weighted by molar-refractivity contribution is 7.74. The minimum atomic E-state index is -0.499. The number of allylic oxidation sites excluding steroid dienone is 4. The number of hydrogen-bond donors (Lipinski definition) is 0. The van der Waals surface area contributed by atoms with Crippen molar-refractivity contribution in [2.45, 2.75) is 5.66 Å². The van der Waals surface area contributed by atoms with Crippen LogP contribution in [-0.4, -0.2) is 5.66 Å². The van der Waals surface area contributed by atoms with Gasteiger partial charge in [-0.05, 0) is 46.1 Å². The van der Waals surface area contributed by atoms with Gasteiger partial charge in [-0.1, -0.05) is 103 Å². The van der Waals surface area contributed by atoms with E-state index in [1.807, 2.05) is 0 Å². The molecule has 124 valence electrons. The van der Waals surface area contributed by atoms with E-state index in [4.69, 9.17) is 0 Å². The Morgan fingerprint density at radius 2 is 1.19 bits per heavy atom. The van der Waals surface area contributed by atoms with Gasteiger partial charge in [-0.2, -0.15) is 0 Å². The van der Waals surface area contributed by atoms with E-state index in [0.717, 1.165) is 0 Å². The first kappa shape index (κ1) is 15.6. The van der Waals surface area contributed by atoms with E-state index in [2.05, 4.69) is 109 Å². The summed E-state index contributed by atoms with van der Waals surface area (Å²) in [6.07, 6.45) is 9.07. The maximum absolute atomic E-state index is 2.43. The van der Waals surface area contributed by atoms with Crippen molar-refractivity contribution in [3.05, 3.63) is 109 Å². The van der Waals surface area contributed by atoms with E-state index < -0.39 is 7.92 Å². The highest BCUT2D eigenvalue weighted by atomic mass is 31.1. The lowest BCUT2D eigenvalue weighted by Crippen LogP contribution is -2.19. The number of fused-ring (bicyclic) bond motifs is 3. The molecule has 0 saturated carbocycles. The van der Waals surface area contributed by atoms with Gasteiger partial charge in [-0.3, -0.25) is 0 Å².